The third-order valence-corrected chi connectivity index (χ3v) is 6.83. The van der Waals surface area contributed by atoms with Crippen molar-refractivity contribution in [3.05, 3.63) is 53.6 Å². The second kappa shape index (κ2) is 6.17. The van der Waals surface area contributed by atoms with E-state index in [-0.39, 0.29) is 17.5 Å². The van der Waals surface area contributed by atoms with Crippen molar-refractivity contribution in [2.24, 2.45) is 0 Å². The van der Waals surface area contributed by atoms with E-state index in [9.17, 15) is 13.2 Å². The van der Waals surface area contributed by atoms with Crippen LogP contribution < -0.4 is 14.5 Å². The molecular formula is C18H17ClN2O4S. The van der Waals surface area contributed by atoms with Gasteiger partial charge in [-0.2, -0.15) is 0 Å². The number of anilines is 2. The fourth-order valence-corrected chi connectivity index (χ4v) is 5.84. The molecule has 0 unspecified atom stereocenters. The number of sulfone groups is 1. The van der Waals surface area contributed by atoms with E-state index in [1.165, 1.54) is 4.90 Å². The van der Waals surface area contributed by atoms with Crippen molar-refractivity contribution in [1.82, 2.24) is 0 Å². The van der Waals surface area contributed by atoms with E-state index in [0.29, 0.717) is 22.1 Å². The Hall–Kier alpha value is -2.25. The molecule has 0 saturated carbocycles. The van der Waals surface area contributed by atoms with Crippen molar-refractivity contribution in [3.8, 4) is 5.75 Å². The Kier molecular flexibility index (Phi) is 4.08. The average molecular weight is 393 g/mol. The highest BCUT2D eigenvalue weighted by Crippen LogP contribution is 2.40. The molecule has 2 heterocycles. The minimum atomic E-state index is -3.25. The van der Waals surface area contributed by atoms with Crippen molar-refractivity contribution >= 4 is 38.8 Å². The number of halogens is 1. The Morgan fingerprint density at radius 3 is 2.42 bits per heavy atom. The summed E-state index contributed by atoms with van der Waals surface area (Å²) in [5.41, 5.74) is 1.13. The summed E-state index contributed by atoms with van der Waals surface area (Å²) in [6.45, 7) is 0. The molecule has 2 aliphatic heterocycles. The fraction of sp³-hybridized carbons (Fsp3) is 0.278. The predicted molar refractivity (Wildman–Crippen MR) is 101 cm³/mol. The number of carbonyl (C=O) groups is 1. The molecule has 2 aromatic rings. The van der Waals surface area contributed by atoms with Gasteiger partial charge in [0.1, 0.15) is 5.75 Å². The summed E-state index contributed by atoms with van der Waals surface area (Å²) < 4.78 is 29.8. The van der Waals surface area contributed by atoms with Crippen molar-refractivity contribution in [3.63, 3.8) is 0 Å². The minimum Gasteiger partial charge on any atom is -0.497 e. The van der Waals surface area contributed by atoms with Gasteiger partial charge in [0.05, 0.1) is 41.4 Å². The molecule has 4 rings (SSSR count). The number of amides is 2. The van der Waals surface area contributed by atoms with Crippen LogP contribution in [0.4, 0.5) is 16.2 Å². The van der Waals surface area contributed by atoms with E-state index < -0.39 is 21.9 Å². The zero-order valence-corrected chi connectivity index (χ0v) is 15.6. The Morgan fingerprint density at radius 1 is 1.04 bits per heavy atom. The number of urea groups is 1. The highest BCUT2D eigenvalue weighted by Gasteiger charge is 2.54. The molecular weight excluding hydrogens is 376 g/mol. The van der Waals surface area contributed by atoms with Gasteiger partial charge in [0, 0.05) is 11.8 Å². The first kappa shape index (κ1) is 17.2. The lowest BCUT2D eigenvalue weighted by molar-refractivity contribution is 0.255. The van der Waals surface area contributed by atoms with E-state index in [1.807, 2.05) is 0 Å². The van der Waals surface area contributed by atoms with Crippen molar-refractivity contribution in [1.29, 1.82) is 0 Å². The van der Waals surface area contributed by atoms with Gasteiger partial charge in [-0.1, -0.05) is 29.8 Å². The zero-order valence-electron chi connectivity index (χ0n) is 14.0. The van der Waals surface area contributed by atoms with Crippen molar-refractivity contribution in [2.75, 3.05) is 28.4 Å². The number of hydrogen-bond acceptors (Lipinski definition) is 4. The first-order chi connectivity index (χ1) is 12.4. The number of benzene rings is 2. The second-order valence-corrected chi connectivity index (χ2v) is 8.95. The van der Waals surface area contributed by atoms with Gasteiger partial charge in [-0.15, -0.1) is 0 Å². The molecule has 0 aromatic heterocycles. The molecule has 0 bridgehead atoms. The molecule has 2 aliphatic rings. The predicted octanol–water partition coefficient (Wildman–Crippen LogP) is 2.96. The van der Waals surface area contributed by atoms with Crippen LogP contribution in [-0.2, 0) is 9.84 Å². The quantitative estimate of drug-likeness (QED) is 0.753. The highest BCUT2D eigenvalue weighted by molar-refractivity contribution is 7.91. The minimum absolute atomic E-state index is 0.0679. The van der Waals surface area contributed by atoms with Crippen LogP contribution >= 0.6 is 11.6 Å². The largest absolute Gasteiger partial charge is 0.497 e. The van der Waals surface area contributed by atoms with Gasteiger partial charge in [-0.25, -0.2) is 13.2 Å². The summed E-state index contributed by atoms with van der Waals surface area (Å²) in [6, 6.07) is 12.8. The lowest BCUT2D eigenvalue weighted by Gasteiger charge is -2.23. The Bertz CT molecular complexity index is 979. The normalized spacial score (nSPS) is 24.0. The molecule has 2 fully saturated rings. The number of para-hydroxylation sites is 1. The van der Waals surface area contributed by atoms with E-state index >= 15 is 0 Å². The van der Waals surface area contributed by atoms with Gasteiger partial charge < -0.3 is 4.74 Å². The molecule has 0 aliphatic carbocycles. The van der Waals surface area contributed by atoms with Gasteiger partial charge >= 0.3 is 6.03 Å². The molecule has 8 heteroatoms. The van der Waals surface area contributed by atoms with E-state index in [1.54, 1.807) is 60.5 Å². The van der Waals surface area contributed by atoms with Crippen LogP contribution in [0.1, 0.15) is 0 Å². The fourth-order valence-electron chi connectivity index (χ4n) is 3.69. The molecule has 6 nitrogen and oxygen atoms in total. The topological polar surface area (TPSA) is 66.9 Å². The lowest BCUT2D eigenvalue weighted by Crippen LogP contribution is -2.38. The van der Waals surface area contributed by atoms with Crippen LogP contribution in [0.3, 0.4) is 0 Å². The molecule has 2 aromatic carbocycles. The van der Waals surface area contributed by atoms with Gasteiger partial charge in [0.15, 0.2) is 9.84 Å². The summed E-state index contributed by atoms with van der Waals surface area (Å²) >= 11 is 6.29. The number of methoxy groups -OCH3 is 1. The maximum atomic E-state index is 13.2. The van der Waals surface area contributed by atoms with Crippen LogP contribution in [-0.4, -0.2) is 45.1 Å². The SMILES string of the molecule is COc1cccc(N2C(=O)N(c3ccccc3Cl)[C@@H]3CS(=O)(=O)C[C@@H]32)c1. The number of fused-ring (bicyclic) bond motifs is 1. The molecule has 2 atom stereocenters. The summed E-state index contributed by atoms with van der Waals surface area (Å²) in [7, 11) is -1.70. The van der Waals surface area contributed by atoms with E-state index in [0.717, 1.165) is 0 Å². The molecule has 26 heavy (non-hydrogen) atoms. The third kappa shape index (κ3) is 2.71. The number of nitrogens with zero attached hydrogens (tertiary/aromatic N) is 2. The van der Waals surface area contributed by atoms with Crippen LogP contribution in [0.5, 0.6) is 5.75 Å². The first-order valence-electron chi connectivity index (χ1n) is 8.13. The first-order valence-corrected chi connectivity index (χ1v) is 10.3. The molecule has 0 radical (unpaired) electrons. The Morgan fingerprint density at radius 2 is 1.73 bits per heavy atom. The zero-order chi connectivity index (χ0) is 18.5. The smallest absolute Gasteiger partial charge is 0.329 e. The Balaban J connectivity index is 1.83. The summed E-state index contributed by atoms with van der Waals surface area (Å²) in [5, 5.41) is 0.413. The van der Waals surface area contributed by atoms with Crippen LogP contribution in [0, 0.1) is 0 Å². The third-order valence-electron chi connectivity index (χ3n) is 4.81. The van der Waals surface area contributed by atoms with Crippen molar-refractivity contribution in [2.45, 2.75) is 12.1 Å². The van der Waals surface area contributed by atoms with Crippen LogP contribution in [0.25, 0.3) is 0 Å². The lowest BCUT2D eigenvalue weighted by atomic mass is 10.1. The standard InChI is InChI=1S/C18H17ClN2O4S/c1-25-13-6-4-5-12(9-13)20-16-10-26(23,24)11-17(16)21(18(20)22)15-8-3-2-7-14(15)19/h2-9,16-17H,10-11H2,1H3/t16-,17+/m0/s1. The molecule has 2 amide bonds. The summed E-state index contributed by atoms with van der Waals surface area (Å²) in [6.07, 6.45) is 0. The van der Waals surface area contributed by atoms with E-state index in [4.69, 9.17) is 16.3 Å². The molecule has 0 spiro atoms. The molecule has 136 valence electrons. The van der Waals surface area contributed by atoms with E-state index in [2.05, 4.69) is 0 Å². The number of ether oxygens (including phenoxy) is 1. The van der Waals surface area contributed by atoms with Crippen LogP contribution in [0.15, 0.2) is 48.5 Å². The molecule has 2 saturated heterocycles. The summed E-state index contributed by atoms with van der Waals surface area (Å²) in [4.78, 5) is 16.3. The number of hydrogen-bond donors (Lipinski definition) is 0. The molecule has 0 N–H and O–H groups in total. The average Bonchev–Trinajstić information content (AvgIpc) is 3.04. The monoisotopic (exact) mass is 392 g/mol. The number of carbonyl (C=O) groups excluding carboxylic acids is 1. The van der Waals surface area contributed by atoms with Crippen molar-refractivity contribution < 1.29 is 17.9 Å². The van der Waals surface area contributed by atoms with Crippen LogP contribution in [0.2, 0.25) is 5.02 Å². The maximum absolute atomic E-state index is 13.2. The van der Waals surface area contributed by atoms with Gasteiger partial charge in [0.25, 0.3) is 0 Å². The van der Waals surface area contributed by atoms with Gasteiger partial charge in [0.2, 0.25) is 0 Å². The Labute approximate surface area is 156 Å². The summed E-state index contributed by atoms with van der Waals surface area (Å²) in [5.74, 6) is 0.459. The second-order valence-electron chi connectivity index (χ2n) is 6.39. The van der Waals surface area contributed by atoms with Gasteiger partial charge in [-0.05, 0) is 24.3 Å². The number of rotatable bonds is 3. The maximum Gasteiger partial charge on any atom is 0.329 e. The highest BCUT2D eigenvalue weighted by atomic mass is 35.5. The van der Waals surface area contributed by atoms with Gasteiger partial charge in [-0.3, -0.25) is 9.80 Å².